The van der Waals surface area contributed by atoms with E-state index in [-0.39, 0.29) is 25.0 Å². The second-order valence-corrected chi connectivity index (χ2v) is 6.77. The lowest BCUT2D eigenvalue weighted by Gasteiger charge is -2.33. The number of aromatic amines is 1. The molecule has 0 spiro atoms. The summed E-state index contributed by atoms with van der Waals surface area (Å²) >= 11 is 0. The number of ether oxygens (including phenoxy) is 1. The SMILES string of the molecule is Cc1nc(CNC(=O)Cn2nnnc2[C@@H](c2ccccc2)N2CCOCC2)n[nH]1. The number of morpholine rings is 1. The van der Waals surface area contributed by atoms with Crippen LogP contribution in [0.4, 0.5) is 0 Å². The van der Waals surface area contributed by atoms with Gasteiger partial charge in [0.2, 0.25) is 5.91 Å². The molecule has 11 heteroatoms. The van der Waals surface area contributed by atoms with Crippen molar-refractivity contribution < 1.29 is 9.53 Å². The van der Waals surface area contributed by atoms with Gasteiger partial charge in [0.1, 0.15) is 12.4 Å². The van der Waals surface area contributed by atoms with Crippen LogP contribution in [-0.4, -0.2) is 72.5 Å². The van der Waals surface area contributed by atoms with Gasteiger partial charge < -0.3 is 10.1 Å². The zero-order chi connectivity index (χ0) is 20.1. The van der Waals surface area contributed by atoms with Crippen LogP contribution < -0.4 is 5.32 Å². The van der Waals surface area contributed by atoms with Gasteiger partial charge in [0.05, 0.1) is 25.8 Å². The van der Waals surface area contributed by atoms with Gasteiger partial charge in [0.25, 0.3) is 0 Å². The van der Waals surface area contributed by atoms with Crippen molar-refractivity contribution in [3.05, 3.63) is 53.4 Å². The molecule has 1 aliphatic heterocycles. The predicted molar refractivity (Wildman–Crippen MR) is 101 cm³/mol. The third-order valence-electron chi connectivity index (χ3n) is 4.71. The van der Waals surface area contributed by atoms with Crippen LogP contribution in [0.15, 0.2) is 30.3 Å². The number of H-pyrrole nitrogens is 1. The normalized spacial score (nSPS) is 15.9. The molecule has 152 valence electrons. The number of benzene rings is 1. The summed E-state index contributed by atoms with van der Waals surface area (Å²) in [5.41, 5.74) is 1.07. The van der Waals surface area contributed by atoms with Crippen molar-refractivity contribution >= 4 is 5.91 Å². The van der Waals surface area contributed by atoms with Crippen LogP contribution >= 0.6 is 0 Å². The summed E-state index contributed by atoms with van der Waals surface area (Å²) in [7, 11) is 0. The van der Waals surface area contributed by atoms with Crippen LogP contribution in [0.3, 0.4) is 0 Å². The second kappa shape index (κ2) is 8.88. The van der Waals surface area contributed by atoms with Crippen LogP contribution in [0.25, 0.3) is 0 Å². The average Bonchev–Trinajstić information content (AvgIpc) is 3.37. The summed E-state index contributed by atoms with van der Waals surface area (Å²) in [6, 6.07) is 9.89. The van der Waals surface area contributed by atoms with E-state index in [1.807, 2.05) is 30.3 Å². The molecule has 4 rings (SSSR count). The molecule has 1 aliphatic rings. The molecule has 0 aliphatic carbocycles. The number of tetrazole rings is 1. The molecule has 3 aromatic rings. The van der Waals surface area contributed by atoms with Crippen LogP contribution in [0, 0.1) is 6.92 Å². The van der Waals surface area contributed by atoms with E-state index in [1.165, 1.54) is 0 Å². The number of amides is 1. The lowest BCUT2D eigenvalue weighted by Crippen LogP contribution is -2.41. The fourth-order valence-corrected chi connectivity index (χ4v) is 3.35. The van der Waals surface area contributed by atoms with Crippen molar-refractivity contribution in [2.24, 2.45) is 0 Å². The summed E-state index contributed by atoms with van der Waals surface area (Å²) in [5, 5.41) is 21.7. The Morgan fingerprint density at radius 2 is 2.07 bits per heavy atom. The van der Waals surface area contributed by atoms with Crippen molar-refractivity contribution in [2.45, 2.75) is 26.1 Å². The molecule has 0 saturated carbocycles. The molecule has 29 heavy (non-hydrogen) atoms. The molecule has 1 aromatic carbocycles. The Hall–Kier alpha value is -3.18. The van der Waals surface area contributed by atoms with E-state index in [0.717, 1.165) is 18.7 Å². The lowest BCUT2D eigenvalue weighted by atomic mass is 10.0. The minimum Gasteiger partial charge on any atom is -0.379 e. The first kappa shape index (κ1) is 19.2. The highest BCUT2D eigenvalue weighted by molar-refractivity contribution is 5.75. The van der Waals surface area contributed by atoms with Gasteiger partial charge in [-0.05, 0) is 22.9 Å². The van der Waals surface area contributed by atoms with Gasteiger partial charge >= 0.3 is 0 Å². The highest BCUT2D eigenvalue weighted by atomic mass is 16.5. The molecule has 3 heterocycles. The largest absolute Gasteiger partial charge is 0.379 e. The summed E-state index contributed by atoms with van der Waals surface area (Å²) < 4.78 is 7.04. The third kappa shape index (κ3) is 4.63. The Kier molecular flexibility index (Phi) is 5.86. The Bertz CT molecular complexity index is 934. The molecule has 11 nitrogen and oxygen atoms in total. The second-order valence-electron chi connectivity index (χ2n) is 6.77. The number of nitrogens with zero attached hydrogens (tertiary/aromatic N) is 7. The van der Waals surface area contributed by atoms with Gasteiger partial charge in [-0.3, -0.25) is 14.8 Å². The van der Waals surface area contributed by atoms with Crippen molar-refractivity contribution in [2.75, 3.05) is 26.3 Å². The van der Waals surface area contributed by atoms with E-state index >= 15 is 0 Å². The standard InChI is InChI=1S/C18H23N9O2/c1-13-20-15(22-21-13)11-19-16(28)12-27-18(23-24-25-27)17(14-5-3-2-4-6-14)26-7-9-29-10-8-26/h2-6,17H,7-12H2,1H3,(H,19,28)(H,20,21,22)/t17-/m1/s1. The van der Waals surface area contributed by atoms with E-state index in [9.17, 15) is 4.79 Å². The van der Waals surface area contributed by atoms with Gasteiger partial charge in [-0.25, -0.2) is 9.67 Å². The Balaban J connectivity index is 1.51. The molecule has 1 atom stereocenters. The average molecular weight is 397 g/mol. The van der Waals surface area contributed by atoms with Crippen molar-refractivity contribution in [3.8, 4) is 0 Å². The van der Waals surface area contributed by atoms with E-state index in [1.54, 1.807) is 11.6 Å². The Labute approximate surface area is 167 Å². The molecular weight excluding hydrogens is 374 g/mol. The summed E-state index contributed by atoms with van der Waals surface area (Å²) in [4.78, 5) is 18.9. The third-order valence-corrected chi connectivity index (χ3v) is 4.71. The van der Waals surface area contributed by atoms with Crippen molar-refractivity contribution in [3.63, 3.8) is 0 Å². The minimum atomic E-state index is -0.213. The molecule has 2 aromatic heterocycles. The predicted octanol–water partition coefficient (Wildman–Crippen LogP) is -0.162. The highest BCUT2D eigenvalue weighted by Gasteiger charge is 2.29. The zero-order valence-electron chi connectivity index (χ0n) is 16.2. The minimum absolute atomic E-state index is 0.0133. The van der Waals surface area contributed by atoms with Crippen molar-refractivity contribution in [1.82, 2.24) is 45.6 Å². The quantitative estimate of drug-likeness (QED) is 0.563. The maximum atomic E-state index is 12.5. The van der Waals surface area contributed by atoms with E-state index in [2.05, 4.69) is 40.9 Å². The number of carbonyl (C=O) groups excluding carboxylic acids is 1. The highest BCUT2D eigenvalue weighted by Crippen LogP contribution is 2.27. The summed E-state index contributed by atoms with van der Waals surface area (Å²) in [6.07, 6.45) is 0. The number of hydrogen-bond donors (Lipinski definition) is 2. The Morgan fingerprint density at radius 3 is 2.79 bits per heavy atom. The number of aryl methyl sites for hydroxylation is 1. The number of carbonyl (C=O) groups is 1. The Morgan fingerprint density at radius 1 is 1.28 bits per heavy atom. The number of rotatable bonds is 7. The van der Waals surface area contributed by atoms with Gasteiger partial charge in [0, 0.05) is 13.1 Å². The summed E-state index contributed by atoms with van der Waals surface area (Å²) in [5.74, 6) is 1.65. The fourth-order valence-electron chi connectivity index (χ4n) is 3.35. The molecule has 0 unspecified atom stereocenters. The molecule has 0 bridgehead atoms. The molecule has 0 radical (unpaired) electrons. The van der Waals surface area contributed by atoms with Gasteiger partial charge in [-0.1, -0.05) is 30.3 Å². The first-order chi connectivity index (χ1) is 14.2. The molecule has 1 saturated heterocycles. The van der Waals surface area contributed by atoms with Crippen molar-refractivity contribution in [1.29, 1.82) is 0 Å². The van der Waals surface area contributed by atoms with Gasteiger partial charge in [-0.15, -0.1) is 5.10 Å². The van der Waals surface area contributed by atoms with Gasteiger partial charge in [0.15, 0.2) is 11.6 Å². The maximum Gasteiger partial charge on any atom is 0.242 e. The lowest BCUT2D eigenvalue weighted by molar-refractivity contribution is -0.122. The van der Waals surface area contributed by atoms with Crippen LogP contribution in [0.1, 0.15) is 29.1 Å². The van der Waals surface area contributed by atoms with Crippen LogP contribution in [0.5, 0.6) is 0 Å². The van der Waals surface area contributed by atoms with E-state index in [4.69, 9.17) is 4.74 Å². The number of hydrogen-bond acceptors (Lipinski definition) is 8. The summed E-state index contributed by atoms with van der Waals surface area (Å²) in [6.45, 7) is 4.90. The van der Waals surface area contributed by atoms with E-state index < -0.39 is 0 Å². The monoisotopic (exact) mass is 397 g/mol. The maximum absolute atomic E-state index is 12.5. The molecule has 1 fully saturated rings. The molecular formula is C18H23N9O2. The smallest absolute Gasteiger partial charge is 0.242 e. The number of aromatic nitrogens is 7. The van der Waals surface area contributed by atoms with Crippen LogP contribution in [-0.2, 0) is 22.6 Å². The molecule has 2 N–H and O–H groups in total. The van der Waals surface area contributed by atoms with Crippen LogP contribution in [0.2, 0.25) is 0 Å². The topological polar surface area (TPSA) is 127 Å². The number of nitrogens with one attached hydrogen (secondary N) is 2. The molecule has 1 amide bonds. The first-order valence-electron chi connectivity index (χ1n) is 9.48. The first-order valence-corrected chi connectivity index (χ1v) is 9.48. The van der Waals surface area contributed by atoms with E-state index in [0.29, 0.717) is 30.7 Å². The zero-order valence-corrected chi connectivity index (χ0v) is 16.2. The van der Waals surface area contributed by atoms with Gasteiger partial charge in [-0.2, -0.15) is 5.10 Å². The fraction of sp³-hybridized carbons (Fsp3) is 0.444.